The average Bonchev–Trinajstić information content (AvgIpc) is 3.05. The zero-order valence-corrected chi connectivity index (χ0v) is 30.7. The van der Waals surface area contributed by atoms with E-state index in [4.69, 9.17) is 18.3 Å². The predicted molar refractivity (Wildman–Crippen MR) is 196 cm³/mol. The van der Waals surface area contributed by atoms with Gasteiger partial charge in [-0.05, 0) is 36.9 Å². The fraction of sp³-hybridized carbons (Fsp3) is 0.325. The molecule has 0 spiro atoms. The molecule has 0 saturated carbocycles. The number of carbonyl (C=O) groups is 1. The molecule has 4 aromatic rings. The fourth-order valence-corrected chi connectivity index (χ4v) is 16.3. The van der Waals surface area contributed by atoms with Gasteiger partial charge in [0, 0.05) is 6.92 Å². The standard InChI is InChI=1S/C40H48O5Si2/c1-31(41)44-38-36(45-47(40(5,6)7,34-24-16-10-17-25-34)35-26-18-11-19-27-35)28-29-42-37(38)30-43-46(39(2,3)4,32-20-12-8-13-21-32)33-22-14-9-15-23-33/h8-29,36-38H,30H2,1-7H3. The summed E-state index contributed by atoms with van der Waals surface area (Å²) in [6, 6.07) is 42.1. The number of rotatable bonds is 10. The van der Waals surface area contributed by atoms with Gasteiger partial charge in [0.1, 0.15) is 6.10 Å². The predicted octanol–water partition coefficient (Wildman–Crippen LogP) is 6.35. The van der Waals surface area contributed by atoms with Crippen LogP contribution in [0, 0.1) is 0 Å². The Balaban J connectivity index is 1.57. The molecule has 47 heavy (non-hydrogen) atoms. The Morgan fingerprint density at radius 3 is 1.38 bits per heavy atom. The first-order valence-electron chi connectivity index (χ1n) is 16.4. The Hall–Kier alpha value is -3.76. The zero-order chi connectivity index (χ0) is 33.7. The molecule has 0 saturated heterocycles. The number of benzene rings is 4. The second-order valence-corrected chi connectivity index (χ2v) is 22.9. The summed E-state index contributed by atoms with van der Waals surface area (Å²) in [4.78, 5) is 12.7. The first kappa shape index (κ1) is 34.6. The Kier molecular flexibility index (Phi) is 10.4. The lowest BCUT2D eigenvalue weighted by atomic mass is 10.1. The molecule has 1 aliphatic heterocycles. The molecule has 1 heterocycles. The Morgan fingerprint density at radius 1 is 0.638 bits per heavy atom. The van der Waals surface area contributed by atoms with Crippen molar-refractivity contribution in [1.29, 1.82) is 0 Å². The Morgan fingerprint density at radius 2 is 1.02 bits per heavy atom. The van der Waals surface area contributed by atoms with Gasteiger partial charge in [0.2, 0.25) is 0 Å². The average molecular weight is 665 g/mol. The van der Waals surface area contributed by atoms with Gasteiger partial charge in [0.15, 0.2) is 12.2 Å². The molecular weight excluding hydrogens is 617 g/mol. The summed E-state index contributed by atoms with van der Waals surface area (Å²) in [6.45, 7) is 15.1. The van der Waals surface area contributed by atoms with E-state index in [-0.39, 0.29) is 22.7 Å². The minimum atomic E-state index is -2.98. The molecule has 0 fully saturated rings. The van der Waals surface area contributed by atoms with Crippen molar-refractivity contribution in [3.63, 3.8) is 0 Å². The third-order valence-corrected chi connectivity index (χ3v) is 19.2. The smallest absolute Gasteiger partial charge is 0.303 e. The molecule has 7 heteroatoms. The third-order valence-electron chi connectivity index (χ3n) is 9.12. The van der Waals surface area contributed by atoms with E-state index >= 15 is 0 Å². The molecule has 4 aromatic carbocycles. The molecule has 0 aromatic heterocycles. The summed E-state index contributed by atoms with van der Waals surface area (Å²) in [5.41, 5.74) is 0. The zero-order valence-electron chi connectivity index (χ0n) is 28.7. The molecule has 3 unspecified atom stereocenters. The van der Waals surface area contributed by atoms with Crippen molar-refractivity contribution >= 4 is 43.4 Å². The maximum atomic E-state index is 12.7. The fourth-order valence-electron chi connectivity index (χ4n) is 7.06. The number of hydrogen-bond donors (Lipinski definition) is 0. The number of hydrogen-bond acceptors (Lipinski definition) is 5. The minimum absolute atomic E-state index is 0.218. The van der Waals surface area contributed by atoms with Gasteiger partial charge < -0.3 is 18.3 Å². The van der Waals surface area contributed by atoms with E-state index in [1.165, 1.54) is 17.3 Å². The quantitative estimate of drug-likeness (QED) is 0.146. The van der Waals surface area contributed by atoms with Crippen molar-refractivity contribution in [2.75, 3.05) is 6.61 Å². The topological polar surface area (TPSA) is 54.0 Å². The summed E-state index contributed by atoms with van der Waals surface area (Å²) >= 11 is 0. The van der Waals surface area contributed by atoms with Crippen LogP contribution in [0.1, 0.15) is 48.5 Å². The lowest BCUT2D eigenvalue weighted by Gasteiger charge is -2.47. The summed E-state index contributed by atoms with van der Waals surface area (Å²) in [7, 11) is -5.87. The molecule has 0 bridgehead atoms. The molecular formula is C40H48O5Si2. The van der Waals surface area contributed by atoms with Crippen LogP contribution in [0.25, 0.3) is 0 Å². The SMILES string of the molecule is CC(=O)OC1C(O[Si](c2ccccc2)(c2ccccc2)C(C)(C)C)C=COC1CO[Si](c1ccccc1)(c1ccccc1)C(C)(C)C. The van der Waals surface area contributed by atoms with E-state index < -0.39 is 34.9 Å². The van der Waals surface area contributed by atoms with Gasteiger partial charge in [-0.25, -0.2) is 0 Å². The molecule has 5 nitrogen and oxygen atoms in total. The van der Waals surface area contributed by atoms with Gasteiger partial charge in [0.25, 0.3) is 16.6 Å². The van der Waals surface area contributed by atoms with Gasteiger partial charge >= 0.3 is 5.97 Å². The van der Waals surface area contributed by atoms with Crippen LogP contribution in [-0.4, -0.2) is 47.5 Å². The first-order valence-corrected chi connectivity index (χ1v) is 20.2. The number of ether oxygens (including phenoxy) is 2. The van der Waals surface area contributed by atoms with E-state index in [1.54, 1.807) is 6.26 Å². The van der Waals surface area contributed by atoms with E-state index in [9.17, 15) is 4.79 Å². The molecule has 5 rings (SSSR count). The maximum Gasteiger partial charge on any atom is 0.303 e. The van der Waals surface area contributed by atoms with Gasteiger partial charge in [-0.2, -0.15) is 0 Å². The lowest BCUT2D eigenvalue weighted by molar-refractivity contribution is -0.163. The molecule has 1 aliphatic rings. The monoisotopic (exact) mass is 664 g/mol. The van der Waals surface area contributed by atoms with Gasteiger partial charge in [-0.15, -0.1) is 0 Å². The highest BCUT2D eigenvalue weighted by molar-refractivity contribution is 7.00. The van der Waals surface area contributed by atoms with Crippen molar-refractivity contribution < 1.29 is 23.1 Å². The lowest BCUT2D eigenvalue weighted by Crippen LogP contribution is -2.69. The van der Waals surface area contributed by atoms with Crippen LogP contribution in [0.3, 0.4) is 0 Å². The van der Waals surface area contributed by atoms with Crippen LogP contribution >= 0.6 is 0 Å². The molecule has 0 amide bonds. The van der Waals surface area contributed by atoms with E-state index in [0.717, 1.165) is 10.4 Å². The third kappa shape index (κ3) is 6.95. The summed E-state index contributed by atoms with van der Waals surface area (Å²) < 4.78 is 27.2. The molecule has 3 atom stereocenters. The van der Waals surface area contributed by atoms with Crippen LogP contribution in [0.4, 0.5) is 0 Å². The van der Waals surface area contributed by atoms with Crippen LogP contribution in [0.2, 0.25) is 10.1 Å². The second-order valence-electron chi connectivity index (χ2n) is 14.3. The van der Waals surface area contributed by atoms with E-state index in [2.05, 4.69) is 139 Å². The summed E-state index contributed by atoms with van der Waals surface area (Å²) in [6.07, 6.45) is 1.71. The van der Waals surface area contributed by atoms with Crippen molar-refractivity contribution in [3.05, 3.63) is 134 Å². The van der Waals surface area contributed by atoms with Crippen LogP contribution in [0.15, 0.2) is 134 Å². The van der Waals surface area contributed by atoms with Gasteiger partial charge in [-0.3, -0.25) is 4.79 Å². The Labute approximate surface area is 282 Å². The number of carbonyl (C=O) groups excluding carboxylic acids is 1. The molecule has 0 N–H and O–H groups in total. The van der Waals surface area contributed by atoms with E-state index in [0.29, 0.717) is 0 Å². The molecule has 246 valence electrons. The summed E-state index contributed by atoms with van der Waals surface area (Å²) in [5, 5.41) is 4.18. The van der Waals surface area contributed by atoms with E-state index in [1.807, 2.05) is 30.3 Å². The summed E-state index contributed by atoms with van der Waals surface area (Å²) in [5.74, 6) is -0.389. The second kappa shape index (κ2) is 14.2. The normalized spacial score (nSPS) is 18.7. The van der Waals surface area contributed by atoms with Crippen molar-refractivity contribution in [2.24, 2.45) is 0 Å². The van der Waals surface area contributed by atoms with Crippen LogP contribution in [-0.2, 0) is 23.1 Å². The molecule has 0 aliphatic carbocycles. The van der Waals surface area contributed by atoms with Crippen LogP contribution in [0.5, 0.6) is 0 Å². The highest BCUT2D eigenvalue weighted by Gasteiger charge is 2.55. The number of esters is 1. The van der Waals surface area contributed by atoms with Gasteiger partial charge in [0.05, 0.1) is 12.9 Å². The van der Waals surface area contributed by atoms with Crippen molar-refractivity contribution in [3.8, 4) is 0 Å². The van der Waals surface area contributed by atoms with Crippen molar-refractivity contribution in [1.82, 2.24) is 0 Å². The minimum Gasteiger partial charge on any atom is -0.492 e. The maximum absolute atomic E-state index is 12.7. The Bertz CT molecular complexity index is 1530. The van der Waals surface area contributed by atoms with Crippen molar-refractivity contribution in [2.45, 2.75) is 76.9 Å². The highest BCUT2D eigenvalue weighted by atomic mass is 28.4. The van der Waals surface area contributed by atoms with Gasteiger partial charge in [-0.1, -0.05) is 163 Å². The molecule has 0 radical (unpaired) electrons. The van der Waals surface area contributed by atoms with Crippen LogP contribution < -0.4 is 20.7 Å². The first-order chi connectivity index (χ1) is 22.4. The highest BCUT2D eigenvalue weighted by Crippen LogP contribution is 2.40. The largest absolute Gasteiger partial charge is 0.492 e.